The van der Waals surface area contributed by atoms with Crippen molar-refractivity contribution < 1.29 is 4.79 Å². The second kappa shape index (κ2) is 6.38. The van der Waals surface area contributed by atoms with Gasteiger partial charge in [-0.15, -0.1) is 0 Å². The predicted molar refractivity (Wildman–Crippen MR) is 92.6 cm³/mol. The van der Waals surface area contributed by atoms with Gasteiger partial charge in [0.2, 0.25) is 5.91 Å². The maximum Gasteiger partial charge on any atom is 0.258 e. The number of hydrogen-bond acceptors (Lipinski definition) is 3. The molecule has 2 saturated carbocycles. The van der Waals surface area contributed by atoms with Crippen LogP contribution >= 0.6 is 0 Å². The van der Waals surface area contributed by atoms with E-state index in [1.165, 1.54) is 25.7 Å². The van der Waals surface area contributed by atoms with Crippen molar-refractivity contribution in [1.82, 2.24) is 15.3 Å². The Morgan fingerprint density at radius 2 is 2.12 bits per heavy atom. The van der Waals surface area contributed by atoms with Gasteiger partial charge >= 0.3 is 0 Å². The summed E-state index contributed by atoms with van der Waals surface area (Å²) in [5.41, 5.74) is 0.539. The van der Waals surface area contributed by atoms with Crippen LogP contribution in [0.25, 0.3) is 10.9 Å². The molecule has 0 unspecified atom stereocenters. The molecule has 5 heteroatoms. The minimum absolute atomic E-state index is 0.0496. The highest BCUT2D eigenvalue weighted by Crippen LogP contribution is 2.47. The van der Waals surface area contributed by atoms with E-state index < -0.39 is 0 Å². The van der Waals surface area contributed by atoms with E-state index >= 15 is 0 Å². The molecule has 1 aromatic carbocycles. The summed E-state index contributed by atoms with van der Waals surface area (Å²) in [7, 11) is 0. The second-order valence-electron chi connectivity index (χ2n) is 7.27. The van der Waals surface area contributed by atoms with E-state index in [9.17, 15) is 9.59 Å². The van der Waals surface area contributed by atoms with Crippen LogP contribution in [0.4, 0.5) is 0 Å². The average Bonchev–Trinajstić information content (AvgIpc) is 3.21. The highest BCUT2D eigenvalue weighted by molar-refractivity contribution is 5.78. The van der Waals surface area contributed by atoms with Gasteiger partial charge in [0.05, 0.1) is 10.9 Å². The van der Waals surface area contributed by atoms with Crippen molar-refractivity contribution in [1.29, 1.82) is 0 Å². The van der Waals surface area contributed by atoms with Gasteiger partial charge in [-0.25, -0.2) is 4.98 Å². The summed E-state index contributed by atoms with van der Waals surface area (Å²) in [6, 6.07) is 7.26. The first-order valence-electron chi connectivity index (χ1n) is 8.93. The third kappa shape index (κ3) is 3.07. The summed E-state index contributed by atoms with van der Waals surface area (Å²) in [5, 5.41) is 3.66. The molecule has 0 radical (unpaired) electrons. The lowest BCUT2D eigenvalue weighted by molar-refractivity contribution is -0.121. The molecular formula is C19H23N3O2. The largest absolute Gasteiger partial charge is 0.356 e. The molecule has 0 spiro atoms. The Kier molecular flexibility index (Phi) is 4.08. The van der Waals surface area contributed by atoms with Gasteiger partial charge in [-0.05, 0) is 49.1 Å². The van der Waals surface area contributed by atoms with Gasteiger partial charge in [0.1, 0.15) is 5.82 Å². The average molecular weight is 325 g/mol. The quantitative estimate of drug-likeness (QED) is 0.886. The SMILES string of the molecule is O=C(CCc1nc2ccccc2c(=O)[nH]1)NC[C@@H]1C[C@H]2CC[C@H]1C2. The van der Waals surface area contributed by atoms with E-state index in [0.29, 0.717) is 35.5 Å². The van der Waals surface area contributed by atoms with E-state index in [0.717, 1.165) is 18.4 Å². The zero-order valence-electron chi connectivity index (χ0n) is 13.8. The van der Waals surface area contributed by atoms with Crippen LogP contribution in [0.15, 0.2) is 29.1 Å². The number of benzene rings is 1. The molecule has 5 nitrogen and oxygen atoms in total. The van der Waals surface area contributed by atoms with Crippen molar-refractivity contribution in [3.8, 4) is 0 Å². The van der Waals surface area contributed by atoms with Gasteiger partial charge in [-0.2, -0.15) is 0 Å². The molecule has 1 amide bonds. The first-order valence-corrected chi connectivity index (χ1v) is 8.93. The molecule has 126 valence electrons. The van der Waals surface area contributed by atoms with Crippen LogP contribution < -0.4 is 10.9 Å². The third-order valence-electron chi connectivity index (χ3n) is 5.70. The Labute approximate surface area is 140 Å². The topological polar surface area (TPSA) is 74.8 Å². The molecule has 2 aromatic rings. The number of aromatic nitrogens is 2. The van der Waals surface area contributed by atoms with E-state index in [1.54, 1.807) is 6.07 Å². The summed E-state index contributed by atoms with van der Waals surface area (Å²) in [6.45, 7) is 0.807. The molecule has 2 aliphatic rings. The number of aromatic amines is 1. The van der Waals surface area contributed by atoms with Crippen LogP contribution in [0.5, 0.6) is 0 Å². The Morgan fingerprint density at radius 1 is 1.25 bits per heavy atom. The highest BCUT2D eigenvalue weighted by atomic mass is 16.1. The molecule has 2 fully saturated rings. The number of nitrogens with zero attached hydrogens (tertiary/aromatic N) is 1. The van der Waals surface area contributed by atoms with E-state index in [1.807, 2.05) is 18.2 Å². The zero-order valence-corrected chi connectivity index (χ0v) is 13.8. The molecule has 2 N–H and O–H groups in total. The number of aryl methyl sites for hydroxylation is 1. The Balaban J connectivity index is 1.31. The van der Waals surface area contributed by atoms with Gasteiger partial charge < -0.3 is 10.3 Å². The Hall–Kier alpha value is -2.17. The molecule has 1 heterocycles. The van der Waals surface area contributed by atoms with Crippen LogP contribution in [0, 0.1) is 17.8 Å². The van der Waals surface area contributed by atoms with Crippen molar-refractivity contribution >= 4 is 16.8 Å². The fourth-order valence-electron chi connectivity index (χ4n) is 4.44. The van der Waals surface area contributed by atoms with E-state index in [4.69, 9.17) is 0 Å². The van der Waals surface area contributed by atoms with Gasteiger partial charge in [-0.1, -0.05) is 18.6 Å². The van der Waals surface area contributed by atoms with Gasteiger partial charge in [0.15, 0.2) is 0 Å². The normalized spacial score (nSPS) is 25.2. The summed E-state index contributed by atoms with van der Waals surface area (Å²) in [4.78, 5) is 31.3. The van der Waals surface area contributed by atoms with Crippen LogP contribution in [0.2, 0.25) is 0 Å². The van der Waals surface area contributed by atoms with Crippen molar-refractivity contribution in [2.75, 3.05) is 6.54 Å². The Bertz CT molecular complexity index is 814. The van der Waals surface area contributed by atoms with Crippen molar-refractivity contribution in [3.63, 3.8) is 0 Å². The number of nitrogens with one attached hydrogen (secondary N) is 2. The molecule has 2 aliphatic carbocycles. The van der Waals surface area contributed by atoms with Crippen molar-refractivity contribution in [3.05, 3.63) is 40.4 Å². The van der Waals surface area contributed by atoms with E-state index in [2.05, 4.69) is 15.3 Å². The third-order valence-corrected chi connectivity index (χ3v) is 5.70. The second-order valence-corrected chi connectivity index (χ2v) is 7.27. The Morgan fingerprint density at radius 3 is 2.92 bits per heavy atom. The highest BCUT2D eigenvalue weighted by Gasteiger charge is 2.39. The van der Waals surface area contributed by atoms with Gasteiger partial charge in [-0.3, -0.25) is 9.59 Å². The number of amides is 1. The fraction of sp³-hybridized carbons (Fsp3) is 0.526. The summed E-state index contributed by atoms with van der Waals surface area (Å²) < 4.78 is 0. The van der Waals surface area contributed by atoms with Crippen LogP contribution in [0.3, 0.4) is 0 Å². The maximum absolute atomic E-state index is 12.1. The molecular weight excluding hydrogens is 302 g/mol. The number of H-pyrrole nitrogens is 1. The van der Waals surface area contributed by atoms with Crippen LogP contribution in [-0.4, -0.2) is 22.4 Å². The first kappa shape index (κ1) is 15.4. The monoisotopic (exact) mass is 325 g/mol. The zero-order chi connectivity index (χ0) is 16.5. The number of hydrogen-bond donors (Lipinski definition) is 2. The smallest absolute Gasteiger partial charge is 0.258 e. The molecule has 24 heavy (non-hydrogen) atoms. The summed E-state index contributed by atoms with van der Waals surface area (Å²) in [5.74, 6) is 3.03. The number of carbonyl (C=O) groups excluding carboxylic acids is 1. The lowest BCUT2D eigenvalue weighted by Gasteiger charge is -2.21. The van der Waals surface area contributed by atoms with Gasteiger partial charge in [0.25, 0.3) is 5.56 Å². The molecule has 0 saturated heterocycles. The van der Waals surface area contributed by atoms with Crippen LogP contribution in [0.1, 0.15) is 37.9 Å². The standard InChI is InChI=1S/C19H23N3O2/c23-18(20-11-14-10-12-5-6-13(14)9-12)8-7-17-21-16-4-2-1-3-15(16)19(24)22-17/h1-4,12-14H,5-11H2,(H,20,23)(H,21,22,24)/t12-,13-,14-/m0/s1. The van der Waals surface area contributed by atoms with Crippen molar-refractivity contribution in [2.45, 2.75) is 38.5 Å². The van der Waals surface area contributed by atoms with Crippen molar-refractivity contribution in [2.24, 2.45) is 17.8 Å². The molecule has 1 aromatic heterocycles. The maximum atomic E-state index is 12.1. The summed E-state index contributed by atoms with van der Waals surface area (Å²) >= 11 is 0. The van der Waals surface area contributed by atoms with E-state index in [-0.39, 0.29) is 11.5 Å². The lowest BCUT2D eigenvalue weighted by Crippen LogP contribution is -2.31. The molecule has 0 aliphatic heterocycles. The predicted octanol–water partition coefficient (Wildman–Crippen LogP) is 2.41. The lowest BCUT2D eigenvalue weighted by atomic mass is 9.89. The van der Waals surface area contributed by atoms with Gasteiger partial charge in [0, 0.05) is 19.4 Å². The number of fused-ring (bicyclic) bond motifs is 3. The minimum atomic E-state index is -0.141. The first-order chi connectivity index (χ1) is 11.7. The number of carbonyl (C=O) groups is 1. The molecule has 4 rings (SSSR count). The molecule has 2 bridgehead atoms. The summed E-state index contributed by atoms with van der Waals surface area (Å²) in [6.07, 6.45) is 6.20. The minimum Gasteiger partial charge on any atom is -0.356 e. The molecule has 3 atom stereocenters. The number of para-hydroxylation sites is 1. The fourth-order valence-corrected chi connectivity index (χ4v) is 4.44. The van der Waals surface area contributed by atoms with Crippen LogP contribution in [-0.2, 0) is 11.2 Å². The number of rotatable bonds is 5.